The van der Waals surface area contributed by atoms with Crippen molar-refractivity contribution in [1.82, 2.24) is 4.90 Å². The molecule has 2 rings (SSSR count). The van der Waals surface area contributed by atoms with Crippen molar-refractivity contribution < 1.29 is 14.6 Å². The molecule has 0 aliphatic carbocycles. The molecule has 1 aromatic rings. The molecule has 0 bridgehead atoms. The highest BCUT2D eigenvalue weighted by Crippen LogP contribution is 2.38. The van der Waals surface area contributed by atoms with Gasteiger partial charge >= 0.3 is 6.09 Å². The highest BCUT2D eigenvalue weighted by Gasteiger charge is 2.37. The maximum atomic E-state index is 11.6. The summed E-state index contributed by atoms with van der Waals surface area (Å²) in [5.74, 6) is 0.889. The number of nitrogens with zero attached hydrogens (tertiary/aromatic N) is 1. The fourth-order valence-corrected chi connectivity index (χ4v) is 3.94. The van der Waals surface area contributed by atoms with Crippen LogP contribution in [-0.2, 0) is 16.1 Å². The fourth-order valence-electron chi connectivity index (χ4n) is 2.93. The molecular weight excluding hydrogens is 322 g/mol. The van der Waals surface area contributed by atoms with Crippen molar-refractivity contribution in [2.75, 3.05) is 20.2 Å². The largest absolute Gasteiger partial charge is 0.453 e. The minimum Gasteiger partial charge on any atom is -0.453 e. The monoisotopic (exact) mass is 351 g/mol. The number of benzene rings is 1. The second kappa shape index (κ2) is 7.79. The van der Waals surface area contributed by atoms with Crippen LogP contribution in [0.3, 0.4) is 0 Å². The number of carbonyl (C=O) groups is 1. The Morgan fingerprint density at radius 2 is 1.96 bits per heavy atom. The first-order valence-electron chi connectivity index (χ1n) is 8.59. The van der Waals surface area contributed by atoms with E-state index in [2.05, 4.69) is 26.8 Å². The maximum Gasteiger partial charge on any atom is 0.409 e. The number of ether oxygens (including phenoxy) is 1. The molecule has 1 N–H and O–H groups in total. The van der Waals surface area contributed by atoms with Gasteiger partial charge < -0.3 is 14.7 Å². The number of thioether (sulfide) groups is 1. The molecule has 1 saturated heterocycles. The van der Waals surface area contributed by atoms with Crippen LogP contribution < -0.4 is 0 Å². The molecule has 5 heteroatoms. The lowest BCUT2D eigenvalue weighted by molar-refractivity contribution is -0.0235. The Morgan fingerprint density at radius 3 is 2.54 bits per heavy atom. The average molecular weight is 352 g/mol. The zero-order valence-electron chi connectivity index (χ0n) is 15.2. The minimum absolute atomic E-state index is 0.226. The van der Waals surface area contributed by atoms with E-state index in [1.165, 1.54) is 12.7 Å². The van der Waals surface area contributed by atoms with Gasteiger partial charge in [0.15, 0.2) is 0 Å². The number of methoxy groups -OCH3 is 1. The summed E-state index contributed by atoms with van der Waals surface area (Å²) in [6.45, 7) is 7.75. The van der Waals surface area contributed by atoms with Crippen LogP contribution in [0.1, 0.15) is 51.2 Å². The summed E-state index contributed by atoms with van der Waals surface area (Å²) >= 11 is 1.92. The van der Waals surface area contributed by atoms with Gasteiger partial charge in [-0.1, -0.05) is 45.0 Å². The summed E-state index contributed by atoms with van der Waals surface area (Å²) in [6.07, 6.45) is 1.88. The topological polar surface area (TPSA) is 49.8 Å². The van der Waals surface area contributed by atoms with Gasteiger partial charge in [-0.05, 0) is 30.4 Å². The summed E-state index contributed by atoms with van der Waals surface area (Å²) in [7, 11) is 1.39. The molecular formula is C19H29NO3S. The zero-order valence-corrected chi connectivity index (χ0v) is 16.0. The van der Waals surface area contributed by atoms with Gasteiger partial charge in [-0.3, -0.25) is 0 Å². The fraction of sp³-hybridized carbons (Fsp3) is 0.632. The Balaban J connectivity index is 2.13. The maximum absolute atomic E-state index is 11.6. The Labute approximate surface area is 149 Å². The van der Waals surface area contributed by atoms with E-state index in [1.54, 1.807) is 4.90 Å². The molecule has 4 nitrogen and oxygen atoms in total. The average Bonchev–Trinajstić information content (AvgIpc) is 2.60. The third kappa shape index (κ3) is 4.45. The first kappa shape index (κ1) is 19.1. The summed E-state index contributed by atoms with van der Waals surface area (Å²) < 4.78 is 5.00. The standard InChI is InChI=1S/C19H29NO3S/c1-5-18(2,3)24-14-15-8-6-7-9-16(15)19(22)10-12-20(13-11-19)17(21)23-4/h6-9,22H,5,10-14H2,1-4H3. The van der Waals surface area contributed by atoms with E-state index in [-0.39, 0.29) is 10.8 Å². The summed E-state index contributed by atoms with van der Waals surface area (Å²) in [5.41, 5.74) is 1.34. The van der Waals surface area contributed by atoms with Crippen LogP contribution in [0.4, 0.5) is 4.79 Å². The number of piperidine rings is 1. The predicted octanol–water partition coefficient (Wildman–Crippen LogP) is 4.16. The number of rotatable bonds is 5. The molecule has 134 valence electrons. The SMILES string of the molecule is CCC(C)(C)SCc1ccccc1C1(O)CCN(C(=O)OC)CC1. The van der Waals surface area contributed by atoms with Gasteiger partial charge in [-0.2, -0.15) is 11.8 Å². The highest BCUT2D eigenvalue weighted by atomic mass is 32.2. The molecule has 1 aliphatic rings. The minimum atomic E-state index is -0.863. The van der Waals surface area contributed by atoms with E-state index in [0.29, 0.717) is 25.9 Å². The molecule has 0 saturated carbocycles. The van der Waals surface area contributed by atoms with Crippen LogP contribution >= 0.6 is 11.8 Å². The number of likely N-dealkylation sites (tertiary alicyclic amines) is 1. The van der Waals surface area contributed by atoms with Crippen molar-refractivity contribution in [3.8, 4) is 0 Å². The third-order valence-electron chi connectivity index (χ3n) is 5.01. The quantitative estimate of drug-likeness (QED) is 0.865. The van der Waals surface area contributed by atoms with E-state index < -0.39 is 5.60 Å². The van der Waals surface area contributed by atoms with Crippen LogP contribution in [0.15, 0.2) is 24.3 Å². The molecule has 1 heterocycles. The number of carbonyl (C=O) groups excluding carboxylic acids is 1. The molecule has 1 aliphatic heterocycles. The second-order valence-corrected chi connectivity index (χ2v) is 8.73. The lowest BCUT2D eigenvalue weighted by atomic mass is 9.82. The normalized spacial score (nSPS) is 17.6. The van der Waals surface area contributed by atoms with Gasteiger partial charge in [0, 0.05) is 23.6 Å². The van der Waals surface area contributed by atoms with Crippen molar-refractivity contribution in [3.05, 3.63) is 35.4 Å². The Hall–Kier alpha value is -1.20. The lowest BCUT2D eigenvalue weighted by Gasteiger charge is -2.39. The lowest BCUT2D eigenvalue weighted by Crippen LogP contribution is -2.45. The molecule has 1 aromatic carbocycles. The molecule has 1 fully saturated rings. The smallest absolute Gasteiger partial charge is 0.409 e. The van der Waals surface area contributed by atoms with Crippen molar-refractivity contribution >= 4 is 17.9 Å². The Bertz CT molecular complexity index is 565. The number of aliphatic hydroxyl groups is 1. The van der Waals surface area contributed by atoms with Crippen LogP contribution in [-0.4, -0.2) is 41.0 Å². The molecule has 0 atom stereocenters. The van der Waals surface area contributed by atoms with Gasteiger partial charge in [0.05, 0.1) is 12.7 Å². The molecule has 24 heavy (non-hydrogen) atoms. The van der Waals surface area contributed by atoms with E-state index in [0.717, 1.165) is 17.7 Å². The Kier molecular flexibility index (Phi) is 6.21. The third-order valence-corrected chi connectivity index (χ3v) is 6.54. The van der Waals surface area contributed by atoms with E-state index >= 15 is 0 Å². The van der Waals surface area contributed by atoms with Crippen molar-refractivity contribution in [2.45, 2.75) is 56.1 Å². The van der Waals surface area contributed by atoms with Crippen LogP contribution in [0, 0.1) is 0 Å². The van der Waals surface area contributed by atoms with Gasteiger partial charge in [0.25, 0.3) is 0 Å². The highest BCUT2D eigenvalue weighted by molar-refractivity contribution is 7.99. The van der Waals surface area contributed by atoms with Crippen LogP contribution in [0.25, 0.3) is 0 Å². The molecule has 0 aromatic heterocycles. The first-order chi connectivity index (χ1) is 11.3. The van der Waals surface area contributed by atoms with E-state index in [1.807, 2.05) is 30.0 Å². The van der Waals surface area contributed by atoms with Crippen molar-refractivity contribution in [2.24, 2.45) is 0 Å². The van der Waals surface area contributed by atoms with Crippen LogP contribution in [0.5, 0.6) is 0 Å². The van der Waals surface area contributed by atoms with Crippen molar-refractivity contribution in [1.29, 1.82) is 0 Å². The number of amides is 1. The molecule has 0 radical (unpaired) electrons. The number of hydrogen-bond donors (Lipinski definition) is 1. The molecule has 0 spiro atoms. The summed E-state index contributed by atoms with van der Waals surface area (Å²) in [5, 5.41) is 11.2. The van der Waals surface area contributed by atoms with Gasteiger partial charge in [-0.25, -0.2) is 4.79 Å². The Morgan fingerprint density at radius 1 is 1.33 bits per heavy atom. The molecule has 0 unspecified atom stereocenters. The molecule has 1 amide bonds. The van der Waals surface area contributed by atoms with E-state index in [4.69, 9.17) is 4.74 Å². The van der Waals surface area contributed by atoms with E-state index in [9.17, 15) is 9.90 Å². The van der Waals surface area contributed by atoms with Gasteiger partial charge in [-0.15, -0.1) is 0 Å². The predicted molar refractivity (Wildman–Crippen MR) is 99.2 cm³/mol. The summed E-state index contributed by atoms with van der Waals surface area (Å²) in [4.78, 5) is 13.3. The van der Waals surface area contributed by atoms with Crippen molar-refractivity contribution in [3.63, 3.8) is 0 Å². The van der Waals surface area contributed by atoms with Crippen LogP contribution in [0.2, 0.25) is 0 Å². The zero-order chi connectivity index (χ0) is 17.8. The first-order valence-corrected chi connectivity index (χ1v) is 9.57. The van der Waals surface area contributed by atoms with Gasteiger partial charge in [0.2, 0.25) is 0 Å². The summed E-state index contributed by atoms with van der Waals surface area (Å²) in [6, 6.07) is 8.16. The second-order valence-electron chi connectivity index (χ2n) is 7.05. The number of hydrogen-bond acceptors (Lipinski definition) is 4. The van der Waals surface area contributed by atoms with Gasteiger partial charge in [0.1, 0.15) is 0 Å².